The van der Waals surface area contributed by atoms with E-state index in [1.54, 1.807) is 4.90 Å². The van der Waals surface area contributed by atoms with Crippen molar-refractivity contribution >= 4 is 11.7 Å². The Morgan fingerprint density at radius 1 is 1.48 bits per heavy atom. The number of imidazole rings is 1. The molecule has 1 fully saturated rings. The van der Waals surface area contributed by atoms with E-state index < -0.39 is 0 Å². The fraction of sp³-hybridized carbons (Fsp3) is 0.529. The Balaban J connectivity index is 1.43. The summed E-state index contributed by atoms with van der Waals surface area (Å²) in [5.41, 5.74) is 1.91. The summed E-state index contributed by atoms with van der Waals surface area (Å²) in [6, 6.07) is 5.86. The van der Waals surface area contributed by atoms with Crippen LogP contribution in [0.3, 0.4) is 0 Å². The number of likely N-dealkylation sites (N-methyl/N-ethyl adjacent to an activating group) is 1. The Kier molecular flexibility index (Phi) is 5.12. The van der Waals surface area contributed by atoms with E-state index in [-0.39, 0.29) is 12.1 Å². The molecule has 0 radical (unpaired) electrons. The van der Waals surface area contributed by atoms with Crippen molar-refractivity contribution in [3.05, 3.63) is 36.3 Å². The number of rotatable bonds is 5. The molecule has 1 atom stereocenters. The van der Waals surface area contributed by atoms with Gasteiger partial charge >= 0.3 is 6.03 Å². The third-order valence-electron chi connectivity index (χ3n) is 4.17. The molecule has 23 heavy (non-hydrogen) atoms. The van der Waals surface area contributed by atoms with E-state index >= 15 is 0 Å². The summed E-state index contributed by atoms with van der Waals surface area (Å²) in [6.45, 7) is 2.05. The van der Waals surface area contributed by atoms with Crippen LogP contribution in [0.5, 0.6) is 0 Å². The first kappa shape index (κ1) is 15.8. The van der Waals surface area contributed by atoms with Crippen molar-refractivity contribution < 1.29 is 9.53 Å². The van der Waals surface area contributed by atoms with Gasteiger partial charge in [0, 0.05) is 45.6 Å². The number of ether oxygens (including phenoxy) is 1. The maximum Gasteiger partial charge on any atom is 0.317 e. The minimum Gasteiger partial charge on any atom is -0.376 e. The van der Waals surface area contributed by atoms with Crippen LogP contribution in [0.2, 0.25) is 0 Å². The summed E-state index contributed by atoms with van der Waals surface area (Å²) in [5, 5.41) is 2.95. The average Bonchev–Trinajstić information content (AvgIpc) is 2.98. The molecule has 1 saturated heterocycles. The maximum atomic E-state index is 12.1. The largest absolute Gasteiger partial charge is 0.376 e. The molecule has 2 aromatic rings. The average molecular weight is 316 g/mol. The van der Waals surface area contributed by atoms with Crippen molar-refractivity contribution in [1.82, 2.24) is 19.6 Å². The lowest BCUT2D eigenvalue weighted by atomic mass is 10.1. The molecule has 1 N–H and O–H groups in total. The number of aromatic nitrogens is 2. The Hall–Kier alpha value is -2.08. The van der Waals surface area contributed by atoms with E-state index in [9.17, 15) is 4.79 Å². The maximum absolute atomic E-state index is 12.1. The van der Waals surface area contributed by atoms with Gasteiger partial charge in [-0.3, -0.25) is 0 Å². The fourth-order valence-electron chi connectivity index (χ4n) is 2.88. The predicted molar refractivity (Wildman–Crippen MR) is 88.5 cm³/mol. The number of fused-ring (bicyclic) bond motifs is 1. The number of carbonyl (C=O) groups is 1. The van der Waals surface area contributed by atoms with Crippen molar-refractivity contribution in [2.24, 2.45) is 0 Å². The molecule has 3 heterocycles. The molecule has 2 aromatic heterocycles. The minimum atomic E-state index is -0.0528. The monoisotopic (exact) mass is 316 g/mol. The van der Waals surface area contributed by atoms with Gasteiger partial charge in [-0.1, -0.05) is 6.07 Å². The van der Waals surface area contributed by atoms with E-state index in [1.807, 2.05) is 42.0 Å². The van der Waals surface area contributed by atoms with Crippen molar-refractivity contribution in [2.75, 3.05) is 26.7 Å². The van der Waals surface area contributed by atoms with Crippen LogP contribution >= 0.6 is 0 Å². The zero-order valence-corrected chi connectivity index (χ0v) is 13.6. The van der Waals surface area contributed by atoms with Gasteiger partial charge in [0.15, 0.2) is 0 Å². The standard InChI is InChI=1S/C17H24N4O2/c1-20(13-15-6-3-5-11-23-15)17(22)18-9-8-14-12-21-10-4-2-7-16(21)19-14/h2,4,7,10,12,15H,3,5-6,8-9,11,13H2,1H3,(H,18,22). The molecule has 2 amide bonds. The van der Waals surface area contributed by atoms with E-state index in [0.717, 1.165) is 37.2 Å². The van der Waals surface area contributed by atoms with E-state index in [0.29, 0.717) is 13.1 Å². The SMILES string of the molecule is CN(CC1CCCCO1)C(=O)NCCc1cn2ccccc2n1. The molecule has 0 spiro atoms. The Morgan fingerprint density at radius 3 is 3.17 bits per heavy atom. The Bertz CT molecular complexity index is 616. The van der Waals surface area contributed by atoms with E-state index in [4.69, 9.17) is 4.74 Å². The molecular weight excluding hydrogens is 292 g/mol. The number of urea groups is 1. The lowest BCUT2D eigenvalue weighted by Gasteiger charge is -2.27. The minimum absolute atomic E-state index is 0.0528. The summed E-state index contributed by atoms with van der Waals surface area (Å²) in [6.07, 6.45) is 8.24. The van der Waals surface area contributed by atoms with Gasteiger partial charge < -0.3 is 19.4 Å². The highest BCUT2D eigenvalue weighted by Gasteiger charge is 2.18. The first-order valence-electron chi connectivity index (χ1n) is 8.25. The third-order valence-corrected chi connectivity index (χ3v) is 4.17. The number of hydrogen-bond donors (Lipinski definition) is 1. The van der Waals surface area contributed by atoms with Crippen molar-refractivity contribution in [2.45, 2.75) is 31.8 Å². The first-order valence-corrected chi connectivity index (χ1v) is 8.25. The molecule has 3 rings (SSSR count). The van der Waals surface area contributed by atoms with Gasteiger partial charge in [0.1, 0.15) is 5.65 Å². The van der Waals surface area contributed by atoms with Gasteiger partial charge in [0.2, 0.25) is 0 Å². The topological polar surface area (TPSA) is 58.9 Å². The summed E-state index contributed by atoms with van der Waals surface area (Å²) >= 11 is 0. The van der Waals surface area contributed by atoms with Crippen LogP contribution in [0, 0.1) is 0 Å². The number of hydrogen-bond acceptors (Lipinski definition) is 3. The molecule has 0 saturated carbocycles. The predicted octanol–water partition coefficient (Wildman–Crippen LogP) is 2.09. The molecular formula is C17H24N4O2. The number of amides is 2. The second-order valence-electron chi connectivity index (χ2n) is 6.05. The van der Waals surface area contributed by atoms with Gasteiger partial charge in [-0.15, -0.1) is 0 Å². The number of pyridine rings is 1. The summed E-state index contributed by atoms with van der Waals surface area (Å²) in [4.78, 5) is 18.3. The van der Waals surface area contributed by atoms with Gasteiger partial charge in [-0.25, -0.2) is 9.78 Å². The van der Waals surface area contributed by atoms with Crippen LogP contribution in [0.15, 0.2) is 30.6 Å². The van der Waals surface area contributed by atoms with Crippen molar-refractivity contribution in [3.63, 3.8) is 0 Å². The van der Waals surface area contributed by atoms with Crippen LogP contribution in [0.4, 0.5) is 4.79 Å². The van der Waals surface area contributed by atoms with Crippen molar-refractivity contribution in [3.8, 4) is 0 Å². The van der Waals surface area contributed by atoms with E-state index in [2.05, 4.69) is 10.3 Å². The van der Waals surface area contributed by atoms with Crippen LogP contribution in [-0.2, 0) is 11.2 Å². The molecule has 1 aliphatic rings. The lowest BCUT2D eigenvalue weighted by molar-refractivity contribution is 0.00388. The molecule has 1 unspecified atom stereocenters. The highest BCUT2D eigenvalue weighted by molar-refractivity contribution is 5.73. The second-order valence-corrected chi connectivity index (χ2v) is 6.05. The quantitative estimate of drug-likeness (QED) is 0.919. The molecule has 0 bridgehead atoms. The van der Waals surface area contributed by atoms with Gasteiger partial charge in [0.05, 0.1) is 11.8 Å². The molecule has 0 aromatic carbocycles. The van der Waals surface area contributed by atoms with Crippen LogP contribution in [-0.4, -0.2) is 53.2 Å². The van der Waals surface area contributed by atoms with Gasteiger partial charge in [-0.2, -0.15) is 0 Å². The molecule has 6 nitrogen and oxygen atoms in total. The highest BCUT2D eigenvalue weighted by atomic mass is 16.5. The molecule has 124 valence electrons. The van der Waals surface area contributed by atoms with Crippen LogP contribution in [0.1, 0.15) is 25.0 Å². The Labute approximate surface area is 136 Å². The smallest absolute Gasteiger partial charge is 0.317 e. The molecule has 0 aliphatic carbocycles. The summed E-state index contributed by atoms with van der Waals surface area (Å²) < 4.78 is 7.66. The van der Waals surface area contributed by atoms with E-state index in [1.165, 1.54) is 6.42 Å². The second kappa shape index (κ2) is 7.46. The zero-order chi connectivity index (χ0) is 16.1. The summed E-state index contributed by atoms with van der Waals surface area (Å²) in [5.74, 6) is 0. The van der Waals surface area contributed by atoms with Crippen molar-refractivity contribution in [1.29, 1.82) is 0 Å². The summed E-state index contributed by atoms with van der Waals surface area (Å²) in [7, 11) is 1.82. The molecule has 1 aliphatic heterocycles. The lowest BCUT2D eigenvalue weighted by Crippen LogP contribution is -2.43. The number of carbonyl (C=O) groups excluding carboxylic acids is 1. The Morgan fingerprint density at radius 2 is 2.39 bits per heavy atom. The number of nitrogens with zero attached hydrogens (tertiary/aromatic N) is 3. The van der Waals surface area contributed by atoms with Crippen LogP contribution < -0.4 is 5.32 Å². The van der Waals surface area contributed by atoms with Crippen LogP contribution in [0.25, 0.3) is 5.65 Å². The van der Waals surface area contributed by atoms with Gasteiger partial charge in [-0.05, 0) is 31.4 Å². The molecule has 6 heteroatoms. The first-order chi connectivity index (χ1) is 11.2. The highest BCUT2D eigenvalue weighted by Crippen LogP contribution is 2.13. The zero-order valence-electron chi connectivity index (χ0n) is 13.6. The fourth-order valence-corrected chi connectivity index (χ4v) is 2.88. The van der Waals surface area contributed by atoms with Gasteiger partial charge in [0.25, 0.3) is 0 Å². The third kappa shape index (κ3) is 4.22. The normalized spacial score (nSPS) is 18.0. The number of nitrogens with one attached hydrogen (secondary N) is 1.